The van der Waals surface area contributed by atoms with Gasteiger partial charge in [0.1, 0.15) is 0 Å². The molecule has 0 aliphatic rings. The Labute approximate surface area is 84.4 Å². The van der Waals surface area contributed by atoms with Gasteiger partial charge in [-0.05, 0) is 20.3 Å². The molecule has 0 aliphatic heterocycles. The lowest BCUT2D eigenvalue weighted by atomic mass is 10.3. The minimum atomic E-state index is -0.991. The molecule has 0 aromatic rings. The third-order valence-corrected chi connectivity index (χ3v) is 1.60. The fourth-order valence-corrected chi connectivity index (χ4v) is 1.05. The first-order chi connectivity index (χ1) is 6.70. The first-order valence-corrected chi connectivity index (χ1v) is 4.90. The highest BCUT2D eigenvalue weighted by molar-refractivity contribution is 5.64. The monoisotopic (exact) mass is 205 g/mol. The summed E-state index contributed by atoms with van der Waals surface area (Å²) in [4.78, 5) is 10.1. The third kappa shape index (κ3) is 7.82. The topological polar surface area (TPSA) is 67.8 Å². The van der Waals surface area contributed by atoms with Crippen molar-refractivity contribution in [3.8, 4) is 0 Å². The Bertz CT molecular complexity index is 146. The van der Waals surface area contributed by atoms with Gasteiger partial charge >= 0.3 is 6.09 Å². The van der Waals surface area contributed by atoms with Gasteiger partial charge < -0.3 is 19.9 Å². The molecule has 0 aliphatic carbocycles. The minimum Gasteiger partial charge on any atom is -0.465 e. The van der Waals surface area contributed by atoms with Gasteiger partial charge in [-0.1, -0.05) is 0 Å². The fraction of sp³-hybridized carbons (Fsp3) is 0.889. The van der Waals surface area contributed by atoms with Crippen LogP contribution < -0.4 is 5.32 Å². The van der Waals surface area contributed by atoms with E-state index in [4.69, 9.17) is 14.6 Å². The Morgan fingerprint density at radius 2 is 1.93 bits per heavy atom. The van der Waals surface area contributed by atoms with E-state index in [1.807, 2.05) is 13.8 Å². The highest BCUT2D eigenvalue weighted by atomic mass is 16.7. The van der Waals surface area contributed by atoms with Crippen LogP contribution in [0, 0.1) is 0 Å². The van der Waals surface area contributed by atoms with Crippen molar-refractivity contribution in [2.75, 3.05) is 19.8 Å². The van der Waals surface area contributed by atoms with E-state index >= 15 is 0 Å². The zero-order valence-electron chi connectivity index (χ0n) is 8.78. The quantitative estimate of drug-likeness (QED) is 0.464. The first-order valence-electron chi connectivity index (χ1n) is 4.90. The predicted molar refractivity (Wildman–Crippen MR) is 52.3 cm³/mol. The van der Waals surface area contributed by atoms with Crippen molar-refractivity contribution in [3.05, 3.63) is 0 Å². The molecule has 0 radical (unpaired) electrons. The van der Waals surface area contributed by atoms with E-state index in [1.165, 1.54) is 0 Å². The number of ether oxygens (including phenoxy) is 2. The zero-order chi connectivity index (χ0) is 10.8. The smallest absolute Gasteiger partial charge is 0.404 e. The van der Waals surface area contributed by atoms with Crippen LogP contribution in [0.2, 0.25) is 0 Å². The molecule has 1 amide bonds. The Hall–Kier alpha value is -0.810. The Morgan fingerprint density at radius 3 is 2.36 bits per heavy atom. The summed E-state index contributed by atoms with van der Waals surface area (Å²) in [6, 6.07) is 0. The molecule has 14 heavy (non-hydrogen) atoms. The maximum atomic E-state index is 10.1. The summed E-state index contributed by atoms with van der Waals surface area (Å²) in [5.74, 6) is 0. The maximum Gasteiger partial charge on any atom is 0.404 e. The number of hydrogen-bond donors (Lipinski definition) is 2. The predicted octanol–water partition coefficient (Wildman–Crippen LogP) is 1.43. The lowest BCUT2D eigenvalue weighted by Crippen LogP contribution is -2.24. The van der Waals surface area contributed by atoms with Crippen molar-refractivity contribution in [2.45, 2.75) is 33.0 Å². The maximum absolute atomic E-state index is 10.1. The largest absolute Gasteiger partial charge is 0.465 e. The number of nitrogens with one attached hydrogen (secondary N) is 1. The van der Waals surface area contributed by atoms with Gasteiger partial charge in [-0.15, -0.1) is 0 Å². The molecule has 5 nitrogen and oxygen atoms in total. The summed E-state index contributed by atoms with van der Waals surface area (Å²) >= 11 is 0. The van der Waals surface area contributed by atoms with Crippen molar-refractivity contribution in [1.82, 2.24) is 5.32 Å². The van der Waals surface area contributed by atoms with E-state index in [2.05, 4.69) is 5.32 Å². The molecule has 84 valence electrons. The van der Waals surface area contributed by atoms with E-state index in [0.717, 1.165) is 6.42 Å². The molecular weight excluding hydrogens is 186 g/mol. The van der Waals surface area contributed by atoms with Crippen molar-refractivity contribution < 1.29 is 19.4 Å². The van der Waals surface area contributed by atoms with Crippen molar-refractivity contribution >= 4 is 6.09 Å². The number of amides is 1. The summed E-state index contributed by atoms with van der Waals surface area (Å²) < 4.78 is 10.6. The molecule has 0 heterocycles. The molecule has 0 fully saturated rings. The normalized spacial score (nSPS) is 10.5. The molecule has 0 rings (SSSR count). The van der Waals surface area contributed by atoms with Crippen molar-refractivity contribution in [1.29, 1.82) is 0 Å². The van der Waals surface area contributed by atoms with Crippen LogP contribution >= 0.6 is 0 Å². The molecule has 0 saturated carbocycles. The second-order valence-electron chi connectivity index (χ2n) is 2.71. The molecule has 0 spiro atoms. The standard InChI is InChI=1S/C9H19NO4/c1-3-13-8(14-4-2)6-5-7-10-9(11)12/h8,10H,3-7H2,1-2H3,(H,11,12). The SMILES string of the molecule is CCOC(CCCNC(=O)O)OCC. The molecule has 5 heteroatoms. The molecule has 0 atom stereocenters. The van der Waals surface area contributed by atoms with Crippen LogP contribution in [-0.4, -0.2) is 37.2 Å². The zero-order valence-corrected chi connectivity index (χ0v) is 8.78. The highest BCUT2D eigenvalue weighted by Crippen LogP contribution is 2.03. The third-order valence-electron chi connectivity index (χ3n) is 1.60. The van der Waals surface area contributed by atoms with E-state index in [-0.39, 0.29) is 6.29 Å². The van der Waals surface area contributed by atoms with Gasteiger partial charge in [0.2, 0.25) is 0 Å². The van der Waals surface area contributed by atoms with Crippen LogP contribution in [0.4, 0.5) is 4.79 Å². The molecule has 0 bridgehead atoms. The minimum absolute atomic E-state index is 0.208. The summed E-state index contributed by atoms with van der Waals surface area (Å²) in [6.45, 7) is 5.46. The second-order valence-corrected chi connectivity index (χ2v) is 2.71. The number of hydrogen-bond acceptors (Lipinski definition) is 3. The van der Waals surface area contributed by atoms with Crippen LogP contribution in [-0.2, 0) is 9.47 Å². The Kier molecular flexibility index (Phi) is 8.27. The van der Waals surface area contributed by atoms with E-state index < -0.39 is 6.09 Å². The van der Waals surface area contributed by atoms with Gasteiger partial charge in [0, 0.05) is 26.2 Å². The molecular formula is C9H19NO4. The number of rotatable bonds is 8. The molecule has 2 N–H and O–H groups in total. The van der Waals surface area contributed by atoms with Crippen LogP contribution in [0.5, 0.6) is 0 Å². The first kappa shape index (κ1) is 13.2. The molecule has 0 aromatic heterocycles. The van der Waals surface area contributed by atoms with E-state index in [9.17, 15) is 4.79 Å². The summed E-state index contributed by atoms with van der Waals surface area (Å²) in [6.07, 6.45) is 0.230. The average molecular weight is 205 g/mol. The van der Waals surface area contributed by atoms with Crippen molar-refractivity contribution in [3.63, 3.8) is 0 Å². The fourth-order valence-electron chi connectivity index (χ4n) is 1.05. The molecule has 0 saturated heterocycles. The second kappa shape index (κ2) is 8.77. The van der Waals surface area contributed by atoms with Gasteiger partial charge in [-0.3, -0.25) is 0 Å². The van der Waals surface area contributed by atoms with Crippen LogP contribution in [0.1, 0.15) is 26.7 Å². The molecule has 0 aromatic carbocycles. The lowest BCUT2D eigenvalue weighted by Gasteiger charge is -2.16. The Morgan fingerprint density at radius 1 is 1.36 bits per heavy atom. The lowest BCUT2D eigenvalue weighted by molar-refractivity contribution is -0.139. The summed E-state index contributed by atoms with van der Waals surface area (Å²) in [7, 11) is 0. The van der Waals surface area contributed by atoms with E-state index in [1.54, 1.807) is 0 Å². The number of carboxylic acid groups (broad SMARTS) is 1. The van der Waals surface area contributed by atoms with Gasteiger partial charge in [0.05, 0.1) is 0 Å². The van der Waals surface area contributed by atoms with Crippen LogP contribution in [0.15, 0.2) is 0 Å². The molecule has 0 unspecified atom stereocenters. The average Bonchev–Trinajstić information content (AvgIpc) is 2.12. The van der Waals surface area contributed by atoms with Gasteiger partial charge in [0.25, 0.3) is 0 Å². The summed E-state index contributed by atoms with van der Waals surface area (Å²) in [5, 5.41) is 10.6. The Balaban J connectivity index is 3.44. The van der Waals surface area contributed by atoms with Gasteiger partial charge in [0.15, 0.2) is 6.29 Å². The van der Waals surface area contributed by atoms with Gasteiger partial charge in [-0.2, -0.15) is 0 Å². The van der Waals surface area contributed by atoms with Gasteiger partial charge in [-0.25, -0.2) is 4.79 Å². The number of carbonyl (C=O) groups is 1. The van der Waals surface area contributed by atoms with Crippen molar-refractivity contribution in [2.24, 2.45) is 0 Å². The van der Waals surface area contributed by atoms with E-state index in [0.29, 0.717) is 26.2 Å². The van der Waals surface area contributed by atoms with Crippen LogP contribution in [0.3, 0.4) is 0 Å². The van der Waals surface area contributed by atoms with Crippen LogP contribution in [0.25, 0.3) is 0 Å². The summed E-state index contributed by atoms with van der Waals surface area (Å²) in [5.41, 5.74) is 0. The highest BCUT2D eigenvalue weighted by Gasteiger charge is 2.06.